The molecule has 4 rings (SSSR count). The Bertz CT molecular complexity index is 1360. The van der Waals surface area contributed by atoms with Gasteiger partial charge in [0.15, 0.2) is 5.76 Å². The summed E-state index contributed by atoms with van der Waals surface area (Å²) in [5.41, 5.74) is 2.69. The lowest BCUT2D eigenvalue weighted by Gasteiger charge is -2.27. The van der Waals surface area contributed by atoms with Crippen molar-refractivity contribution in [3.63, 3.8) is 0 Å². The molecule has 9 heteroatoms. The Hall–Kier alpha value is -3.98. The van der Waals surface area contributed by atoms with Gasteiger partial charge in [-0.25, -0.2) is 9.78 Å². The number of esters is 1. The minimum Gasteiger partial charge on any atom is -0.503 e. The number of Topliss-reactive ketones (excluding diaryl/α,β-unsaturated/α-hetero) is 1. The second-order valence-electron chi connectivity index (χ2n) is 8.34. The first-order chi connectivity index (χ1) is 16.6. The summed E-state index contributed by atoms with van der Waals surface area (Å²) in [4.78, 5) is 47.2. The summed E-state index contributed by atoms with van der Waals surface area (Å²) in [6.07, 6.45) is 0. The van der Waals surface area contributed by atoms with Crippen LogP contribution in [-0.4, -0.2) is 49.0 Å². The van der Waals surface area contributed by atoms with Crippen LogP contribution in [0.2, 0.25) is 0 Å². The Morgan fingerprint density at radius 2 is 1.80 bits per heavy atom. The van der Waals surface area contributed by atoms with Crippen LogP contribution < -0.4 is 9.80 Å². The average Bonchev–Trinajstić information content (AvgIpc) is 3.33. The number of hydrogen-bond donors (Lipinski definition) is 1. The van der Waals surface area contributed by atoms with Crippen LogP contribution in [0.5, 0.6) is 0 Å². The Balaban J connectivity index is 1.88. The second kappa shape index (κ2) is 9.34. The molecule has 1 atom stereocenters. The second-order valence-corrected chi connectivity index (χ2v) is 9.55. The van der Waals surface area contributed by atoms with E-state index in [9.17, 15) is 19.5 Å². The molecule has 3 aromatic rings. The van der Waals surface area contributed by atoms with Gasteiger partial charge in [-0.3, -0.25) is 14.5 Å². The molecule has 0 saturated carbocycles. The van der Waals surface area contributed by atoms with Crippen molar-refractivity contribution in [2.45, 2.75) is 19.9 Å². The fourth-order valence-corrected chi connectivity index (χ4v) is 5.01. The third kappa shape index (κ3) is 4.30. The van der Waals surface area contributed by atoms with Gasteiger partial charge < -0.3 is 14.7 Å². The van der Waals surface area contributed by atoms with Gasteiger partial charge >= 0.3 is 5.97 Å². The summed E-state index contributed by atoms with van der Waals surface area (Å²) in [7, 11) is 5.09. The third-order valence-electron chi connectivity index (χ3n) is 5.83. The number of nitrogens with zero attached hydrogens (tertiary/aromatic N) is 3. The number of rotatable bonds is 6. The summed E-state index contributed by atoms with van der Waals surface area (Å²) in [6.45, 7) is 3.52. The van der Waals surface area contributed by atoms with Crippen molar-refractivity contribution < 1.29 is 24.2 Å². The van der Waals surface area contributed by atoms with E-state index in [0.29, 0.717) is 26.8 Å². The summed E-state index contributed by atoms with van der Waals surface area (Å²) in [6, 6.07) is 12.8. The highest BCUT2D eigenvalue weighted by molar-refractivity contribution is 7.14. The van der Waals surface area contributed by atoms with Gasteiger partial charge in [0.25, 0.3) is 5.91 Å². The van der Waals surface area contributed by atoms with Gasteiger partial charge in [-0.05, 0) is 49.7 Å². The summed E-state index contributed by atoms with van der Waals surface area (Å²) in [5, 5.41) is 11.7. The Morgan fingerprint density at radius 1 is 1.11 bits per heavy atom. The smallest absolute Gasteiger partial charge is 0.337 e. The maximum absolute atomic E-state index is 13.7. The molecule has 1 N–H and O–H groups in total. The molecule has 2 heterocycles. The molecule has 180 valence electrons. The number of aliphatic hydroxyl groups is 1. The van der Waals surface area contributed by atoms with E-state index >= 15 is 0 Å². The molecule has 8 nitrogen and oxygen atoms in total. The Kier molecular flexibility index (Phi) is 6.45. The normalized spacial score (nSPS) is 15.5. The molecule has 0 radical (unpaired) electrons. The van der Waals surface area contributed by atoms with Crippen molar-refractivity contribution in [3.8, 4) is 0 Å². The van der Waals surface area contributed by atoms with E-state index in [0.717, 1.165) is 5.69 Å². The number of methoxy groups -OCH3 is 1. The van der Waals surface area contributed by atoms with E-state index in [-0.39, 0.29) is 11.1 Å². The van der Waals surface area contributed by atoms with E-state index in [4.69, 9.17) is 4.74 Å². The number of aromatic nitrogens is 1. The molecule has 0 bridgehead atoms. The fraction of sp³-hybridized carbons (Fsp3) is 0.231. The number of ketones is 1. The zero-order valence-corrected chi connectivity index (χ0v) is 20.8. The first kappa shape index (κ1) is 24.2. The van der Waals surface area contributed by atoms with Gasteiger partial charge in [-0.1, -0.05) is 18.2 Å². The topological polar surface area (TPSA) is 100 Å². The van der Waals surface area contributed by atoms with E-state index in [1.54, 1.807) is 32.0 Å². The van der Waals surface area contributed by atoms with Gasteiger partial charge in [0.1, 0.15) is 0 Å². The average molecular weight is 492 g/mol. The summed E-state index contributed by atoms with van der Waals surface area (Å²) < 4.78 is 4.82. The number of aliphatic hydroxyl groups excluding tert-OH is 1. The Morgan fingerprint density at radius 3 is 2.37 bits per heavy atom. The van der Waals surface area contributed by atoms with Crippen LogP contribution in [0.25, 0.3) is 0 Å². The molecule has 1 unspecified atom stereocenters. The van der Waals surface area contributed by atoms with Gasteiger partial charge in [0, 0.05) is 25.5 Å². The largest absolute Gasteiger partial charge is 0.503 e. The van der Waals surface area contributed by atoms with Crippen LogP contribution in [0.4, 0.5) is 11.4 Å². The highest BCUT2D eigenvalue weighted by Crippen LogP contribution is 2.43. The number of hydrogen-bond acceptors (Lipinski definition) is 8. The van der Waals surface area contributed by atoms with Crippen LogP contribution in [0.3, 0.4) is 0 Å². The molecular formula is C26H25N3O5S. The van der Waals surface area contributed by atoms with Crippen LogP contribution in [0.15, 0.2) is 59.9 Å². The number of thiazole rings is 1. The summed E-state index contributed by atoms with van der Waals surface area (Å²) >= 11 is 1.22. The van der Waals surface area contributed by atoms with Crippen molar-refractivity contribution in [1.29, 1.82) is 0 Å². The molecule has 0 fully saturated rings. The van der Waals surface area contributed by atoms with Crippen LogP contribution in [-0.2, 0) is 9.53 Å². The summed E-state index contributed by atoms with van der Waals surface area (Å²) in [5.74, 6) is -2.36. The lowest BCUT2D eigenvalue weighted by molar-refractivity contribution is -0.117. The van der Waals surface area contributed by atoms with Gasteiger partial charge in [-0.2, -0.15) is 0 Å². The molecule has 35 heavy (non-hydrogen) atoms. The lowest BCUT2D eigenvalue weighted by Crippen LogP contribution is -2.31. The number of aryl methyl sites for hydroxylation is 2. The van der Waals surface area contributed by atoms with Crippen LogP contribution >= 0.6 is 11.3 Å². The minimum atomic E-state index is -0.902. The van der Waals surface area contributed by atoms with Crippen LogP contribution in [0, 0.1) is 13.8 Å². The molecule has 2 aromatic carbocycles. The predicted octanol–water partition coefficient (Wildman–Crippen LogP) is 4.40. The number of ether oxygens (including phenoxy) is 1. The molecule has 1 aliphatic heterocycles. The number of carbonyl (C=O) groups excluding carboxylic acids is 3. The van der Waals surface area contributed by atoms with E-state index in [1.165, 1.54) is 29.4 Å². The number of amides is 1. The zero-order chi connectivity index (χ0) is 25.4. The van der Waals surface area contributed by atoms with E-state index < -0.39 is 29.5 Å². The predicted molar refractivity (Wildman–Crippen MR) is 134 cm³/mol. The van der Waals surface area contributed by atoms with E-state index in [2.05, 4.69) is 4.98 Å². The zero-order valence-electron chi connectivity index (χ0n) is 20.0. The van der Waals surface area contributed by atoms with Crippen molar-refractivity contribution in [2.24, 2.45) is 0 Å². The van der Waals surface area contributed by atoms with Crippen molar-refractivity contribution in [1.82, 2.24) is 4.98 Å². The minimum absolute atomic E-state index is 0.0252. The first-order valence-electron chi connectivity index (χ1n) is 10.8. The molecule has 1 aromatic heterocycles. The number of carbonyl (C=O) groups is 3. The monoisotopic (exact) mass is 491 g/mol. The molecule has 1 amide bonds. The van der Waals surface area contributed by atoms with Gasteiger partial charge in [0.2, 0.25) is 5.78 Å². The highest BCUT2D eigenvalue weighted by Gasteiger charge is 2.45. The van der Waals surface area contributed by atoms with Crippen molar-refractivity contribution in [3.05, 3.63) is 86.6 Å². The van der Waals surface area contributed by atoms with Gasteiger partial charge in [-0.15, -0.1) is 11.3 Å². The number of anilines is 2. The number of benzene rings is 2. The maximum atomic E-state index is 13.7. The molecule has 0 saturated heterocycles. The van der Waals surface area contributed by atoms with Gasteiger partial charge in [0.05, 0.1) is 39.9 Å². The lowest BCUT2D eigenvalue weighted by atomic mass is 9.94. The quantitative estimate of drug-likeness (QED) is 0.403. The highest BCUT2D eigenvalue weighted by atomic mass is 32.1. The molecular weight excluding hydrogens is 466 g/mol. The standard InChI is InChI=1S/C26H25N3O5S/c1-14-24(35-15(2)27-14)22(30)20-21(16-9-11-18(12-10-16)28(3)4)29(25(32)23(20)31)19-8-6-7-17(13-19)26(33)34-5/h6-13,21,31H,1-5H3. The third-order valence-corrected chi connectivity index (χ3v) is 6.90. The Labute approximate surface area is 207 Å². The first-order valence-corrected chi connectivity index (χ1v) is 11.7. The SMILES string of the molecule is COC(=O)c1cccc(N2C(=O)C(O)=C(C(=O)c3sc(C)nc3C)C2c2ccc(N(C)C)cc2)c1. The molecule has 1 aliphatic rings. The fourth-order valence-electron chi connectivity index (χ4n) is 4.14. The molecule has 0 spiro atoms. The maximum Gasteiger partial charge on any atom is 0.337 e. The van der Waals surface area contributed by atoms with Crippen LogP contribution in [0.1, 0.15) is 42.3 Å². The van der Waals surface area contributed by atoms with Crippen molar-refractivity contribution in [2.75, 3.05) is 31.0 Å². The molecule has 0 aliphatic carbocycles. The van der Waals surface area contributed by atoms with Crippen molar-refractivity contribution >= 4 is 40.4 Å². The van der Waals surface area contributed by atoms with E-state index in [1.807, 2.05) is 43.3 Å².